The summed E-state index contributed by atoms with van der Waals surface area (Å²) in [5, 5.41) is 9.06. The molecule has 2 heterocycles. The van der Waals surface area contributed by atoms with Gasteiger partial charge in [-0.05, 0) is 25.1 Å². The normalized spacial score (nSPS) is 10.3. The van der Waals surface area contributed by atoms with E-state index in [9.17, 15) is 4.79 Å². The van der Waals surface area contributed by atoms with Crippen molar-refractivity contribution in [1.29, 1.82) is 0 Å². The highest BCUT2D eigenvalue weighted by Gasteiger charge is 2.12. The lowest BCUT2D eigenvalue weighted by atomic mass is 10.2. The molecule has 0 spiro atoms. The zero-order chi connectivity index (χ0) is 14.7. The number of carboxylic acid groups (broad SMARTS) is 1. The van der Waals surface area contributed by atoms with Crippen LogP contribution >= 0.6 is 0 Å². The third kappa shape index (κ3) is 3.03. The third-order valence-corrected chi connectivity index (χ3v) is 2.89. The lowest BCUT2D eigenvalue weighted by molar-refractivity contribution is 0.0698. The molecule has 0 aromatic carbocycles. The number of hydrogen-bond donors (Lipinski definition) is 2. The van der Waals surface area contributed by atoms with E-state index in [2.05, 4.69) is 9.97 Å². The van der Waals surface area contributed by atoms with Gasteiger partial charge in [0.2, 0.25) is 0 Å². The molecule has 0 unspecified atom stereocenters. The molecular formula is C14H16N4O2. The smallest absolute Gasteiger partial charge is 0.337 e. The highest BCUT2D eigenvalue weighted by atomic mass is 16.4. The molecule has 0 saturated carbocycles. The number of nitrogens with zero attached hydrogens (tertiary/aromatic N) is 3. The van der Waals surface area contributed by atoms with E-state index in [1.54, 1.807) is 0 Å². The number of aromatic nitrogens is 2. The molecule has 0 fully saturated rings. The molecule has 2 rings (SSSR count). The molecular weight excluding hydrogens is 256 g/mol. The first-order valence-corrected chi connectivity index (χ1v) is 6.10. The molecule has 0 aliphatic carbocycles. The summed E-state index contributed by atoms with van der Waals surface area (Å²) in [5.74, 6) is -0.520. The van der Waals surface area contributed by atoms with Gasteiger partial charge in [0.25, 0.3) is 0 Å². The van der Waals surface area contributed by atoms with Gasteiger partial charge >= 0.3 is 5.97 Å². The maximum atomic E-state index is 11.1. The second-order valence-electron chi connectivity index (χ2n) is 4.56. The summed E-state index contributed by atoms with van der Waals surface area (Å²) < 4.78 is 0. The van der Waals surface area contributed by atoms with E-state index < -0.39 is 5.97 Å². The number of nitrogen functional groups attached to an aromatic ring is 1. The van der Waals surface area contributed by atoms with E-state index in [0.717, 1.165) is 11.4 Å². The Morgan fingerprint density at radius 2 is 2.20 bits per heavy atom. The lowest BCUT2D eigenvalue weighted by Gasteiger charge is -2.18. The van der Waals surface area contributed by atoms with Crippen LogP contribution in [0, 0.1) is 6.92 Å². The molecule has 2 aromatic heterocycles. The monoisotopic (exact) mass is 272 g/mol. The van der Waals surface area contributed by atoms with Gasteiger partial charge in [-0.2, -0.15) is 0 Å². The van der Waals surface area contributed by atoms with Crippen molar-refractivity contribution in [2.45, 2.75) is 13.5 Å². The lowest BCUT2D eigenvalue weighted by Crippen LogP contribution is -2.19. The van der Waals surface area contributed by atoms with Gasteiger partial charge in [-0.3, -0.25) is 4.98 Å². The van der Waals surface area contributed by atoms with E-state index in [1.165, 1.54) is 12.3 Å². The van der Waals surface area contributed by atoms with Gasteiger partial charge in [0.05, 0.1) is 29.7 Å². The summed E-state index contributed by atoms with van der Waals surface area (Å²) in [4.78, 5) is 21.4. The molecule has 0 aliphatic heterocycles. The summed E-state index contributed by atoms with van der Waals surface area (Å²) in [6.45, 7) is 2.46. The predicted molar refractivity (Wildman–Crippen MR) is 76.7 cm³/mol. The van der Waals surface area contributed by atoms with Crippen LogP contribution in [0.25, 0.3) is 0 Å². The van der Waals surface area contributed by atoms with Crippen LogP contribution in [0.1, 0.15) is 21.7 Å². The quantitative estimate of drug-likeness (QED) is 0.880. The van der Waals surface area contributed by atoms with Crippen molar-refractivity contribution in [2.24, 2.45) is 0 Å². The number of carbonyl (C=O) groups is 1. The van der Waals surface area contributed by atoms with E-state index >= 15 is 0 Å². The van der Waals surface area contributed by atoms with Gasteiger partial charge in [-0.25, -0.2) is 9.78 Å². The number of hydrogen-bond acceptors (Lipinski definition) is 5. The molecule has 0 bridgehead atoms. The minimum atomic E-state index is -1.06. The molecule has 6 heteroatoms. The van der Waals surface area contributed by atoms with Gasteiger partial charge in [-0.15, -0.1) is 0 Å². The number of carboxylic acids is 1. The Kier molecular flexibility index (Phi) is 3.84. The maximum Gasteiger partial charge on any atom is 0.337 e. The second kappa shape index (κ2) is 5.56. The topological polar surface area (TPSA) is 92.3 Å². The van der Waals surface area contributed by atoms with Crippen molar-refractivity contribution in [3.05, 3.63) is 47.4 Å². The number of pyridine rings is 2. The van der Waals surface area contributed by atoms with Crippen LogP contribution in [-0.2, 0) is 6.54 Å². The van der Waals surface area contributed by atoms with Crippen LogP contribution < -0.4 is 10.6 Å². The Hall–Kier alpha value is -2.63. The largest absolute Gasteiger partial charge is 0.478 e. The Morgan fingerprint density at radius 1 is 1.45 bits per heavy atom. The van der Waals surface area contributed by atoms with Crippen LogP contribution in [0.2, 0.25) is 0 Å². The molecule has 2 aromatic rings. The molecule has 104 valence electrons. The molecule has 0 amide bonds. The Morgan fingerprint density at radius 3 is 2.85 bits per heavy atom. The van der Waals surface area contributed by atoms with Crippen molar-refractivity contribution >= 4 is 17.5 Å². The number of nitrogens with two attached hydrogens (primary N) is 1. The summed E-state index contributed by atoms with van der Waals surface area (Å²) in [7, 11) is 1.83. The maximum absolute atomic E-state index is 11.1. The number of anilines is 2. The first-order chi connectivity index (χ1) is 9.47. The second-order valence-corrected chi connectivity index (χ2v) is 4.56. The van der Waals surface area contributed by atoms with Crippen LogP contribution in [0.5, 0.6) is 0 Å². The van der Waals surface area contributed by atoms with Crippen LogP contribution in [0.4, 0.5) is 11.5 Å². The average molecular weight is 272 g/mol. The molecule has 20 heavy (non-hydrogen) atoms. The van der Waals surface area contributed by atoms with Gasteiger partial charge in [-0.1, -0.05) is 6.07 Å². The molecule has 3 N–H and O–H groups in total. The highest BCUT2D eigenvalue weighted by Crippen LogP contribution is 2.18. The molecule has 0 aliphatic rings. The fourth-order valence-electron chi connectivity index (χ4n) is 1.86. The highest BCUT2D eigenvalue weighted by molar-refractivity contribution is 5.94. The summed E-state index contributed by atoms with van der Waals surface area (Å²) in [5.41, 5.74) is 7.63. The first-order valence-electron chi connectivity index (χ1n) is 6.10. The van der Waals surface area contributed by atoms with Crippen LogP contribution in [0.3, 0.4) is 0 Å². The van der Waals surface area contributed by atoms with Crippen molar-refractivity contribution in [3.63, 3.8) is 0 Å². The Bertz CT molecular complexity index is 643. The summed E-state index contributed by atoms with van der Waals surface area (Å²) in [6, 6.07) is 7.24. The van der Waals surface area contributed by atoms with Crippen LogP contribution in [-0.4, -0.2) is 28.1 Å². The standard InChI is InChI=1S/C14H16N4O2/c1-9-4-3-5-10(17-9)8-18(2)13-6-11(14(19)20)12(15)7-16-13/h3-7H,8,15H2,1-2H3,(H,19,20). The molecule has 0 atom stereocenters. The Labute approximate surface area is 116 Å². The number of rotatable bonds is 4. The Balaban J connectivity index is 2.23. The number of aryl methyl sites for hydroxylation is 1. The molecule has 0 saturated heterocycles. The zero-order valence-electron chi connectivity index (χ0n) is 11.4. The van der Waals surface area contributed by atoms with E-state index in [1.807, 2.05) is 37.1 Å². The van der Waals surface area contributed by atoms with Crippen molar-refractivity contribution in [3.8, 4) is 0 Å². The summed E-state index contributed by atoms with van der Waals surface area (Å²) in [6.07, 6.45) is 1.36. The molecule has 0 radical (unpaired) electrons. The predicted octanol–water partition coefficient (Wildman–Crippen LogP) is 1.70. The number of aromatic carboxylic acids is 1. The minimum Gasteiger partial charge on any atom is -0.478 e. The van der Waals surface area contributed by atoms with Gasteiger partial charge < -0.3 is 15.7 Å². The third-order valence-electron chi connectivity index (χ3n) is 2.89. The van der Waals surface area contributed by atoms with Crippen molar-refractivity contribution in [1.82, 2.24) is 9.97 Å². The summed E-state index contributed by atoms with van der Waals surface area (Å²) >= 11 is 0. The van der Waals surface area contributed by atoms with E-state index in [0.29, 0.717) is 12.4 Å². The van der Waals surface area contributed by atoms with E-state index in [4.69, 9.17) is 10.8 Å². The fraction of sp³-hybridized carbons (Fsp3) is 0.214. The van der Waals surface area contributed by atoms with Gasteiger partial charge in [0.1, 0.15) is 5.82 Å². The SMILES string of the molecule is Cc1cccc(CN(C)c2cc(C(=O)O)c(N)cn2)n1. The first kappa shape index (κ1) is 13.8. The van der Waals surface area contributed by atoms with Crippen LogP contribution in [0.15, 0.2) is 30.5 Å². The average Bonchev–Trinajstić information content (AvgIpc) is 2.38. The van der Waals surface area contributed by atoms with Crippen molar-refractivity contribution < 1.29 is 9.90 Å². The zero-order valence-corrected chi connectivity index (χ0v) is 11.4. The van der Waals surface area contributed by atoms with Gasteiger partial charge in [0.15, 0.2) is 0 Å². The fourth-order valence-corrected chi connectivity index (χ4v) is 1.86. The minimum absolute atomic E-state index is 0.0547. The van der Waals surface area contributed by atoms with Crippen molar-refractivity contribution in [2.75, 3.05) is 17.7 Å². The van der Waals surface area contributed by atoms with E-state index in [-0.39, 0.29) is 11.3 Å². The molecule has 6 nitrogen and oxygen atoms in total. The van der Waals surface area contributed by atoms with Gasteiger partial charge in [0, 0.05) is 12.7 Å².